The van der Waals surface area contributed by atoms with Crippen LogP contribution in [0.4, 0.5) is 0 Å². The summed E-state index contributed by atoms with van der Waals surface area (Å²) in [4.78, 5) is 5.49. The second-order valence-electron chi connectivity index (χ2n) is 5.95. The van der Waals surface area contributed by atoms with Gasteiger partial charge in [0.25, 0.3) is 0 Å². The van der Waals surface area contributed by atoms with Crippen molar-refractivity contribution in [3.05, 3.63) is 0 Å². The lowest BCUT2D eigenvalue weighted by Crippen LogP contribution is -2.58. The Balaban J connectivity index is 1.66. The van der Waals surface area contributed by atoms with E-state index in [-0.39, 0.29) is 0 Å². The predicted molar refractivity (Wildman–Crippen MR) is 62.9 cm³/mol. The van der Waals surface area contributed by atoms with Crippen LogP contribution in [0.5, 0.6) is 0 Å². The fraction of sp³-hybridized carbons (Fsp3) is 1.00. The van der Waals surface area contributed by atoms with Crippen molar-refractivity contribution in [1.29, 1.82) is 0 Å². The van der Waals surface area contributed by atoms with E-state index in [4.69, 9.17) is 0 Å². The maximum Gasteiger partial charge on any atom is 0.0252 e. The minimum absolute atomic E-state index is 0.912. The molecule has 0 spiro atoms. The Morgan fingerprint density at radius 3 is 2.33 bits per heavy atom. The fourth-order valence-electron chi connectivity index (χ4n) is 3.87. The third kappa shape index (κ3) is 1.94. The van der Waals surface area contributed by atoms with Crippen molar-refractivity contribution in [2.24, 2.45) is 11.8 Å². The summed E-state index contributed by atoms with van der Waals surface area (Å²) in [7, 11) is 0. The maximum atomic E-state index is 2.81. The molecule has 15 heavy (non-hydrogen) atoms. The van der Waals surface area contributed by atoms with Gasteiger partial charge in [0, 0.05) is 19.1 Å². The second-order valence-corrected chi connectivity index (χ2v) is 5.95. The third-order valence-corrected chi connectivity index (χ3v) is 4.78. The Morgan fingerprint density at radius 1 is 0.933 bits per heavy atom. The summed E-state index contributed by atoms with van der Waals surface area (Å²) >= 11 is 0. The van der Waals surface area contributed by atoms with Crippen LogP contribution in [-0.4, -0.2) is 48.6 Å². The van der Waals surface area contributed by atoms with Crippen LogP contribution in [0.1, 0.15) is 32.6 Å². The molecule has 2 unspecified atom stereocenters. The number of hydrogen-bond acceptors (Lipinski definition) is 2. The second kappa shape index (κ2) is 4.06. The number of likely N-dealkylation sites (tertiary alicyclic amines) is 1. The molecule has 2 nitrogen and oxygen atoms in total. The van der Waals surface area contributed by atoms with Gasteiger partial charge in [0.15, 0.2) is 0 Å². The molecule has 0 N–H and O–H groups in total. The maximum absolute atomic E-state index is 2.81. The molecule has 2 atom stereocenters. The zero-order valence-electron chi connectivity index (χ0n) is 9.99. The molecule has 4 saturated heterocycles. The van der Waals surface area contributed by atoms with Crippen molar-refractivity contribution in [3.8, 4) is 0 Å². The summed E-state index contributed by atoms with van der Waals surface area (Å²) in [6.07, 6.45) is 5.83. The van der Waals surface area contributed by atoms with Crippen LogP contribution in [0.15, 0.2) is 0 Å². The highest BCUT2D eigenvalue weighted by molar-refractivity contribution is 4.93. The van der Waals surface area contributed by atoms with Gasteiger partial charge in [-0.1, -0.05) is 6.92 Å². The number of fused-ring (bicyclic) bond motifs is 3. The molecule has 0 saturated carbocycles. The first-order chi connectivity index (χ1) is 7.33. The van der Waals surface area contributed by atoms with Crippen LogP contribution in [0.25, 0.3) is 0 Å². The molecule has 2 bridgehead atoms. The molecular weight excluding hydrogens is 184 g/mol. The zero-order valence-corrected chi connectivity index (χ0v) is 9.99. The minimum atomic E-state index is 0.912. The molecule has 0 radical (unpaired) electrons. The average molecular weight is 208 g/mol. The molecule has 4 fully saturated rings. The molecule has 86 valence electrons. The van der Waals surface area contributed by atoms with E-state index in [0.29, 0.717) is 0 Å². The van der Waals surface area contributed by atoms with Crippen molar-refractivity contribution in [1.82, 2.24) is 9.80 Å². The lowest BCUT2D eigenvalue weighted by molar-refractivity contribution is -0.0106. The van der Waals surface area contributed by atoms with Gasteiger partial charge in [0.2, 0.25) is 0 Å². The van der Waals surface area contributed by atoms with Gasteiger partial charge in [-0.2, -0.15) is 0 Å². The van der Waals surface area contributed by atoms with Gasteiger partial charge in [-0.25, -0.2) is 0 Å². The van der Waals surface area contributed by atoms with E-state index in [0.717, 1.165) is 17.9 Å². The molecule has 4 aliphatic rings. The Kier molecular flexibility index (Phi) is 2.73. The lowest BCUT2D eigenvalue weighted by atomic mass is 9.82. The van der Waals surface area contributed by atoms with E-state index in [1.54, 1.807) is 0 Å². The minimum Gasteiger partial charge on any atom is -0.302 e. The number of piperidine rings is 4. The van der Waals surface area contributed by atoms with Gasteiger partial charge in [0.1, 0.15) is 0 Å². The quantitative estimate of drug-likeness (QED) is 0.648. The summed E-state index contributed by atoms with van der Waals surface area (Å²) in [5.74, 6) is 1.97. The van der Waals surface area contributed by atoms with Crippen LogP contribution in [0, 0.1) is 11.8 Å². The largest absolute Gasteiger partial charge is 0.302 e. The van der Waals surface area contributed by atoms with Crippen LogP contribution in [0.3, 0.4) is 0 Å². The summed E-state index contributed by atoms with van der Waals surface area (Å²) in [5, 5.41) is 0. The summed E-state index contributed by atoms with van der Waals surface area (Å²) in [6, 6.07) is 0.912. The number of nitrogens with zero attached hydrogens (tertiary/aromatic N) is 2. The molecule has 0 aromatic carbocycles. The Labute approximate surface area is 93.6 Å². The van der Waals surface area contributed by atoms with Crippen molar-refractivity contribution in [2.75, 3.05) is 32.7 Å². The highest BCUT2D eigenvalue weighted by Gasteiger charge is 2.38. The normalized spacial score (nSPS) is 47.0. The summed E-state index contributed by atoms with van der Waals surface area (Å²) in [6.45, 7) is 9.30. The van der Waals surface area contributed by atoms with Crippen LogP contribution in [0.2, 0.25) is 0 Å². The van der Waals surface area contributed by atoms with E-state index in [2.05, 4.69) is 16.7 Å². The van der Waals surface area contributed by atoms with Gasteiger partial charge in [0.05, 0.1) is 0 Å². The van der Waals surface area contributed by atoms with E-state index in [9.17, 15) is 0 Å². The van der Waals surface area contributed by atoms with Crippen molar-refractivity contribution in [3.63, 3.8) is 0 Å². The van der Waals surface area contributed by atoms with Gasteiger partial charge in [-0.05, 0) is 57.2 Å². The monoisotopic (exact) mass is 208 g/mol. The molecule has 2 heteroatoms. The zero-order chi connectivity index (χ0) is 10.3. The first-order valence-corrected chi connectivity index (χ1v) is 6.79. The first-order valence-electron chi connectivity index (χ1n) is 6.79. The topological polar surface area (TPSA) is 6.48 Å². The summed E-state index contributed by atoms with van der Waals surface area (Å²) in [5.41, 5.74) is 0. The van der Waals surface area contributed by atoms with Gasteiger partial charge in [-0.3, -0.25) is 4.90 Å². The lowest BCUT2D eigenvalue weighted by Gasteiger charge is -2.50. The van der Waals surface area contributed by atoms with Gasteiger partial charge < -0.3 is 4.90 Å². The highest BCUT2D eigenvalue weighted by atomic mass is 15.3. The first kappa shape index (κ1) is 10.1. The smallest absolute Gasteiger partial charge is 0.0252 e. The molecule has 4 heterocycles. The molecule has 0 aromatic heterocycles. The average Bonchev–Trinajstić information content (AvgIpc) is 2.30. The molecule has 0 aliphatic carbocycles. The summed E-state index contributed by atoms with van der Waals surface area (Å²) < 4.78 is 0. The van der Waals surface area contributed by atoms with Crippen molar-refractivity contribution in [2.45, 2.75) is 38.6 Å². The van der Waals surface area contributed by atoms with E-state index >= 15 is 0 Å². The van der Waals surface area contributed by atoms with E-state index in [1.807, 2.05) is 0 Å². The fourth-order valence-corrected chi connectivity index (χ4v) is 3.87. The molecule has 4 rings (SSSR count). The molecule has 4 aliphatic heterocycles. The Bertz CT molecular complexity index is 221. The van der Waals surface area contributed by atoms with E-state index < -0.39 is 0 Å². The standard InChI is InChI=1S/C13H24N2/c1-11-3-2-6-15(9-11)13-10-14-7-4-12(13)5-8-14/h11-13H,2-10H2,1H3. The van der Waals surface area contributed by atoms with Gasteiger partial charge >= 0.3 is 0 Å². The predicted octanol–water partition coefficient (Wildman–Crippen LogP) is 1.81. The van der Waals surface area contributed by atoms with E-state index in [1.165, 1.54) is 58.4 Å². The SMILES string of the molecule is CC1CCCN(C2CN3CCC2CC3)C1. The van der Waals surface area contributed by atoms with Crippen LogP contribution < -0.4 is 0 Å². The van der Waals surface area contributed by atoms with Crippen molar-refractivity contribution >= 4 is 0 Å². The Morgan fingerprint density at radius 2 is 1.73 bits per heavy atom. The number of hydrogen-bond donors (Lipinski definition) is 0. The molecule has 0 aromatic rings. The van der Waals surface area contributed by atoms with Crippen molar-refractivity contribution < 1.29 is 0 Å². The van der Waals surface area contributed by atoms with Crippen LogP contribution >= 0.6 is 0 Å². The van der Waals surface area contributed by atoms with Crippen LogP contribution in [-0.2, 0) is 0 Å². The molecule has 0 amide bonds. The number of rotatable bonds is 1. The third-order valence-electron chi connectivity index (χ3n) is 4.78. The molecular formula is C13H24N2. The van der Waals surface area contributed by atoms with Gasteiger partial charge in [-0.15, -0.1) is 0 Å². The highest BCUT2D eigenvalue weighted by Crippen LogP contribution is 2.32. The Hall–Kier alpha value is -0.0800.